The van der Waals surface area contributed by atoms with Gasteiger partial charge in [-0.2, -0.15) is 4.99 Å². The summed E-state index contributed by atoms with van der Waals surface area (Å²) in [5, 5.41) is 0. The molecule has 0 aliphatic carbocycles. The Balaban J connectivity index is 3.00. The fourth-order valence-corrected chi connectivity index (χ4v) is 1.03. The number of carbonyl (C=O) groups excluding carboxylic acids is 1. The van der Waals surface area contributed by atoms with E-state index in [2.05, 4.69) is 4.99 Å². The second kappa shape index (κ2) is 2.25. The number of hydrogen-bond donors (Lipinski definition) is 1. The summed E-state index contributed by atoms with van der Waals surface area (Å²) in [5.41, 5.74) is 6.28. The SMILES string of the molecule is C/C=C1\C(N)=NC(=O)C1C. The van der Waals surface area contributed by atoms with Crippen molar-refractivity contribution in [2.75, 3.05) is 0 Å². The maximum Gasteiger partial charge on any atom is 0.255 e. The third-order valence-electron chi connectivity index (χ3n) is 1.67. The average Bonchev–Trinajstić information content (AvgIpc) is 2.09. The predicted molar refractivity (Wildman–Crippen MR) is 39.6 cm³/mol. The molecule has 2 N–H and O–H groups in total. The highest BCUT2D eigenvalue weighted by Crippen LogP contribution is 2.18. The fraction of sp³-hybridized carbons (Fsp3) is 0.429. The maximum absolute atomic E-state index is 10.8. The molecule has 0 aromatic rings. The lowest BCUT2D eigenvalue weighted by Crippen LogP contribution is -2.13. The molecule has 0 aromatic carbocycles. The van der Waals surface area contributed by atoms with Crippen molar-refractivity contribution in [1.29, 1.82) is 0 Å². The Bertz CT molecular complexity index is 228. The summed E-state index contributed by atoms with van der Waals surface area (Å²) in [6.45, 7) is 3.66. The van der Waals surface area contributed by atoms with Crippen LogP contribution in [0.15, 0.2) is 16.6 Å². The Morgan fingerprint density at radius 1 is 1.70 bits per heavy atom. The van der Waals surface area contributed by atoms with Gasteiger partial charge in [0.25, 0.3) is 5.91 Å². The number of carbonyl (C=O) groups is 1. The molecule has 0 saturated heterocycles. The van der Waals surface area contributed by atoms with E-state index in [0.717, 1.165) is 5.57 Å². The minimum atomic E-state index is -0.134. The summed E-state index contributed by atoms with van der Waals surface area (Å²) in [6, 6.07) is 0. The Morgan fingerprint density at radius 2 is 2.30 bits per heavy atom. The van der Waals surface area contributed by atoms with E-state index in [0.29, 0.717) is 5.84 Å². The standard InChI is InChI=1S/C7H10N2O/c1-3-5-4(2)7(10)9-6(5)8/h3-4H,1-2H3,(H2,8,9,10)/b5-3-. The van der Waals surface area contributed by atoms with Crippen LogP contribution in [0.2, 0.25) is 0 Å². The smallest absolute Gasteiger partial charge is 0.255 e. The fourth-order valence-electron chi connectivity index (χ4n) is 1.03. The van der Waals surface area contributed by atoms with Crippen LogP contribution >= 0.6 is 0 Å². The largest absolute Gasteiger partial charge is 0.383 e. The molecule has 1 rings (SSSR count). The van der Waals surface area contributed by atoms with Gasteiger partial charge < -0.3 is 5.73 Å². The summed E-state index contributed by atoms with van der Waals surface area (Å²) < 4.78 is 0. The lowest BCUT2D eigenvalue weighted by Gasteiger charge is -1.99. The summed E-state index contributed by atoms with van der Waals surface area (Å²) in [5.74, 6) is 0.107. The van der Waals surface area contributed by atoms with Gasteiger partial charge in [-0.05, 0) is 13.8 Å². The molecular formula is C7H10N2O. The lowest BCUT2D eigenvalue weighted by atomic mass is 10.0. The topological polar surface area (TPSA) is 55.4 Å². The highest BCUT2D eigenvalue weighted by molar-refractivity contribution is 6.13. The molecule has 10 heavy (non-hydrogen) atoms. The third kappa shape index (κ3) is 0.835. The van der Waals surface area contributed by atoms with E-state index < -0.39 is 0 Å². The highest BCUT2D eigenvalue weighted by Gasteiger charge is 2.25. The summed E-state index contributed by atoms with van der Waals surface area (Å²) in [7, 11) is 0. The Kier molecular flexibility index (Phi) is 1.57. The van der Waals surface area contributed by atoms with Crippen LogP contribution in [0.1, 0.15) is 13.8 Å². The molecule has 54 valence electrons. The van der Waals surface area contributed by atoms with Crippen LogP contribution in [-0.4, -0.2) is 11.7 Å². The van der Waals surface area contributed by atoms with Gasteiger partial charge >= 0.3 is 0 Å². The van der Waals surface area contributed by atoms with E-state index in [9.17, 15) is 4.79 Å². The van der Waals surface area contributed by atoms with E-state index in [4.69, 9.17) is 5.73 Å². The molecule has 0 aromatic heterocycles. The molecule has 0 saturated carbocycles. The van der Waals surface area contributed by atoms with Gasteiger partial charge in [0.15, 0.2) is 0 Å². The van der Waals surface area contributed by atoms with E-state index in [1.54, 1.807) is 6.92 Å². The van der Waals surface area contributed by atoms with Gasteiger partial charge in [-0.1, -0.05) is 6.08 Å². The van der Waals surface area contributed by atoms with Crippen molar-refractivity contribution >= 4 is 11.7 Å². The van der Waals surface area contributed by atoms with Gasteiger partial charge in [0.05, 0.1) is 5.92 Å². The zero-order chi connectivity index (χ0) is 7.72. The molecule has 0 spiro atoms. The highest BCUT2D eigenvalue weighted by atomic mass is 16.1. The maximum atomic E-state index is 10.8. The van der Waals surface area contributed by atoms with Gasteiger partial charge in [-0.25, -0.2) is 0 Å². The second-order valence-electron chi connectivity index (χ2n) is 2.30. The van der Waals surface area contributed by atoms with Crippen molar-refractivity contribution in [3.63, 3.8) is 0 Å². The van der Waals surface area contributed by atoms with Crippen LogP contribution in [0, 0.1) is 5.92 Å². The molecule has 3 heteroatoms. The van der Waals surface area contributed by atoms with E-state index >= 15 is 0 Å². The van der Waals surface area contributed by atoms with Crippen LogP contribution in [0.25, 0.3) is 0 Å². The second-order valence-corrected chi connectivity index (χ2v) is 2.30. The van der Waals surface area contributed by atoms with Gasteiger partial charge in [-0.3, -0.25) is 4.79 Å². The van der Waals surface area contributed by atoms with Crippen molar-refractivity contribution < 1.29 is 4.79 Å². The average molecular weight is 138 g/mol. The van der Waals surface area contributed by atoms with Crippen LogP contribution < -0.4 is 5.73 Å². The summed E-state index contributed by atoms with van der Waals surface area (Å²) in [4.78, 5) is 14.5. The molecule has 1 heterocycles. The number of allylic oxidation sites excluding steroid dienone is 1. The number of aliphatic imine (C=N–C) groups is 1. The first kappa shape index (κ1) is 6.99. The minimum Gasteiger partial charge on any atom is -0.383 e. The van der Waals surface area contributed by atoms with Crippen molar-refractivity contribution in [2.45, 2.75) is 13.8 Å². The Morgan fingerprint density at radius 3 is 2.50 bits per heavy atom. The number of hydrogen-bond acceptors (Lipinski definition) is 2. The number of amides is 1. The molecule has 1 atom stereocenters. The third-order valence-corrected chi connectivity index (χ3v) is 1.67. The van der Waals surface area contributed by atoms with Crippen LogP contribution in [0.4, 0.5) is 0 Å². The molecule has 1 amide bonds. The molecule has 0 radical (unpaired) electrons. The van der Waals surface area contributed by atoms with Gasteiger partial charge in [-0.15, -0.1) is 0 Å². The Labute approximate surface area is 59.6 Å². The van der Waals surface area contributed by atoms with Crippen molar-refractivity contribution in [3.8, 4) is 0 Å². The predicted octanol–water partition coefficient (Wildman–Crippen LogP) is 0.466. The normalized spacial score (nSPS) is 29.4. The van der Waals surface area contributed by atoms with Crippen LogP contribution in [0.5, 0.6) is 0 Å². The number of nitrogens with zero attached hydrogens (tertiary/aromatic N) is 1. The van der Waals surface area contributed by atoms with Gasteiger partial charge in [0.2, 0.25) is 0 Å². The molecule has 1 aliphatic rings. The monoisotopic (exact) mass is 138 g/mol. The van der Waals surface area contributed by atoms with E-state index in [-0.39, 0.29) is 11.8 Å². The first-order valence-corrected chi connectivity index (χ1v) is 3.21. The molecule has 1 unspecified atom stereocenters. The van der Waals surface area contributed by atoms with Gasteiger partial charge in [0.1, 0.15) is 5.84 Å². The quantitative estimate of drug-likeness (QED) is 0.529. The first-order chi connectivity index (χ1) is 4.66. The van der Waals surface area contributed by atoms with E-state index in [1.807, 2.05) is 13.0 Å². The molecular weight excluding hydrogens is 128 g/mol. The minimum absolute atomic E-state index is 0.134. The number of nitrogens with two attached hydrogens (primary N) is 1. The molecule has 0 bridgehead atoms. The molecule has 0 fully saturated rings. The first-order valence-electron chi connectivity index (χ1n) is 3.21. The summed E-state index contributed by atoms with van der Waals surface area (Å²) >= 11 is 0. The molecule has 3 nitrogen and oxygen atoms in total. The number of rotatable bonds is 0. The van der Waals surface area contributed by atoms with Crippen molar-refractivity contribution in [2.24, 2.45) is 16.6 Å². The van der Waals surface area contributed by atoms with Crippen LogP contribution in [0.3, 0.4) is 0 Å². The Hall–Kier alpha value is -1.12. The van der Waals surface area contributed by atoms with Crippen LogP contribution in [-0.2, 0) is 4.79 Å². The van der Waals surface area contributed by atoms with Crippen molar-refractivity contribution in [3.05, 3.63) is 11.6 Å². The number of amidine groups is 1. The van der Waals surface area contributed by atoms with Gasteiger partial charge in [0, 0.05) is 5.57 Å². The van der Waals surface area contributed by atoms with Crippen molar-refractivity contribution in [1.82, 2.24) is 0 Å². The summed E-state index contributed by atoms with van der Waals surface area (Å²) in [6.07, 6.45) is 1.83. The molecule has 1 aliphatic heterocycles. The van der Waals surface area contributed by atoms with E-state index in [1.165, 1.54) is 0 Å². The zero-order valence-corrected chi connectivity index (χ0v) is 6.09. The lowest BCUT2D eigenvalue weighted by molar-refractivity contribution is -0.119. The zero-order valence-electron chi connectivity index (χ0n) is 6.09.